The summed E-state index contributed by atoms with van der Waals surface area (Å²) in [6.45, 7) is 0.154. The van der Waals surface area contributed by atoms with Crippen molar-refractivity contribution in [2.24, 2.45) is 0 Å². The van der Waals surface area contributed by atoms with Crippen molar-refractivity contribution in [2.45, 2.75) is 12.6 Å². The predicted molar refractivity (Wildman–Crippen MR) is 83.1 cm³/mol. The fourth-order valence-corrected chi connectivity index (χ4v) is 2.16. The monoisotopic (exact) mass is 349 g/mol. The van der Waals surface area contributed by atoms with E-state index in [1.54, 1.807) is 24.3 Å². The largest absolute Gasteiger partial charge is 0.493 e. The molecule has 0 unspecified atom stereocenters. The zero-order valence-electron chi connectivity index (χ0n) is 13.3. The topological polar surface area (TPSA) is 59.3 Å². The number of hydrogen-bond donors (Lipinski definition) is 0. The maximum absolute atomic E-state index is 12.9. The second kappa shape index (κ2) is 7.71. The van der Waals surface area contributed by atoms with Crippen molar-refractivity contribution in [3.8, 4) is 11.8 Å². The Bertz CT molecular complexity index is 793. The number of esters is 1. The molecule has 0 fully saturated rings. The van der Waals surface area contributed by atoms with E-state index in [-0.39, 0.29) is 12.4 Å². The van der Waals surface area contributed by atoms with E-state index in [0.717, 1.165) is 17.7 Å². The molecule has 25 heavy (non-hydrogen) atoms. The first-order valence-electron chi connectivity index (χ1n) is 7.26. The SMILES string of the molecule is COC(=O)c1ccc(CCOc2ccc(C#N)c(C(F)(F)F)c2)cc1. The van der Waals surface area contributed by atoms with Crippen LogP contribution in [0.2, 0.25) is 0 Å². The lowest BCUT2D eigenvalue weighted by Crippen LogP contribution is -2.09. The van der Waals surface area contributed by atoms with Crippen LogP contribution >= 0.6 is 0 Å². The van der Waals surface area contributed by atoms with E-state index in [9.17, 15) is 18.0 Å². The number of hydrogen-bond acceptors (Lipinski definition) is 4. The van der Waals surface area contributed by atoms with Crippen LogP contribution < -0.4 is 4.74 Å². The molecule has 0 spiro atoms. The highest BCUT2D eigenvalue weighted by molar-refractivity contribution is 5.89. The number of carbonyl (C=O) groups excluding carboxylic acids is 1. The van der Waals surface area contributed by atoms with Crippen molar-refractivity contribution in [1.29, 1.82) is 5.26 Å². The number of nitrogens with zero attached hydrogens (tertiary/aromatic N) is 1. The molecular formula is C18H14F3NO3. The molecule has 0 atom stereocenters. The summed E-state index contributed by atoms with van der Waals surface area (Å²) in [6.07, 6.45) is -4.17. The molecule has 0 heterocycles. The molecule has 0 radical (unpaired) electrons. The average Bonchev–Trinajstić information content (AvgIpc) is 2.60. The third-order valence-corrected chi connectivity index (χ3v) is 3.45. The van der Waals surface area contributed by atoms with Gasteiger partial charge in [0.25, 0.3) is 0 Å². The normalized spacial score (nSPS) is 10.8. The van der Waals surface area contributed by atoms with Crippen molar-refractivity contribution in [1.82, 2.24) is 0 Å². The van der Waals surface area contributed by atoms with Gasteiger partial charge in [-0.1, -0.05) is 12.1 Å². The third-order valence-electron chi connectivity index (χ3n) is 3.45. The van der Waals surface area contributed by atoms with Gasteiger partial charge in [0.15, 0.2) is 0 Å². The quantitative estimate of drug-likeness (QED) is 0.766. The minimum atomic E-state index is -4.62. The summed E-state index contributed by atoms with van der Waals surface area (Å²) in [5.41, 5.74) is -0.195. The zero-order chi connectivity index (χ0) is 18.4. The van der Waals surface area contributed by atoms with Gasteiger partial charge in [0.2, 0.25) is 0 Å². The molecule has 2 aromatic carbocycles. The molecule has 130 valence electrons. The Balaban J connectivity index is 2.00. The molecular weight excluding hydrogens is 335 g/mol. The highest BCUT2D eigenvalue weighted by Gasteiger charge is 2.34. The van der Waals surface area contributed by atoms with E-state index >= 15 is 0 Å². The van der Waals surface area contributed by atoms with Crippen molar-refractivity contribution in [3.05, 3.63) is 64.7 Å². The molecule has 0 saturated carbocycles. The van der Waals surface area contributed by atoms with Gasteiger partial charge >= 0.3 is 12.1 Å². The second-order valence-electron chi connectivity index (χ2n) is 5.10. The summed E-state index contributed by atoms with van der Waals surface area (Å²) < 4.78 is 48.6. The first kappa shape index (κ1) is 18.3. The van der Waals surface area contributed by atoms with Crippen LogP contribution in [-0.4, -0.2) is 19.7 Å². The molecule has 0 bridgehead atoms. The van der Waals surface area contributed by atoms with Gasteiger partial charge in [-0.15, -0.1) is 0 Å². The number of halogens is 3. The van der Waals surface area contributed by atoms with Crippen LogP contribution in [-0.2, 0) is 17.3 Å². The highest BCUT2D eigenvalue weighted by atomic mass is 19.4. The van der Waals surface area contributed by atoms with Gasteiger partial charge in [0, 0.05) is 6.42 Å². The van der Waals surface area contributed by atoms with E-state index in [1.807, 2.05) is 0 Å². The summed E-state index contributed by atoms with van der Waals surface area (Å²) in [5.74, 6) is -0.405. The van der Waals surface area contributed by atoms with Crippen molar-refractivity contribution < 1.29 is 27.4 Å². The summed E-state index contributed by atoms with van der Waals surface area (Å²) >= 11 is 0. The predicted octanol–water partition coefficient (Wildman–Crippen LogP) is 3.99. The Morgan fingerprint density at radius 2 is 1.84 bits per heavy atom. The Hall–Kier alpha value is -3.01. The maximum Gasteiger partial charge on any atom is 0.417 e. The van der Waals surface area contributed by atoms with Gasteiger partial charge in [-0.05, 0) is 35.9 Å². The van der Waals surface area contributed by atoms with Crippen molar-refractivity contribution in [3.63, 3.8) is 0 Å². The number of alkyl halides is 3. The van der Waals surface area contributed by atoms with Crippen LogP contribution in [0.25, 0.3) is 0 Å². The number of benzene rings is 2. The van der Waals surface area contributed by atoms with Crippen LogP contribution in [0.15, 0.2) is 42.5 Å². The fourth-order valence-electron chi connectivity index (χ4n) is 2.16. The molecule has 4 nitrogen and oxygen atoms in total. The van der Waals surface area contributed by atoms with Crippen LogP contribution in [0.4, 0.5) is 13.2 Å². The lowest BCUT2D eigenvalue weighted by atomic mass is 10.1. The molecule has 0 aliphatic carbocycles. The number of nitriles is 1. The lowest BCUT2D eigenvalue weighted by molar-refractivity contribution is -0.137. The lowest BCUT2D eigenvalue weighted by Gasteiger charge is -2.12. The van der Waals surface area contributed by atoms with Crippen molar-refractivity contribution in [2.75, 3.05) is 13.7 Å². The van der Waals surface area contributed by atoms with Gasteiger partial charge in [0.05, 0.1) is 36.5 Å². The molecule has 0 saturated heterocycles. The number of carbonyl (C=O) groups is 1. The van der Waals surface area contributed by atoms with Crippen LogP contribution in [0.3, 0.4) is 0 Å². The van der Waals surface area contributed by atoms with Crippen molar-refractivity contribution >= 4 is 5.97 Å². The van der Waals surface area contributed by atoms with Gasteiger partial charge in [0.1, 0.15) is 5.75 Å². The van der Waals surface area contributed by atoms with E-state index in [4.69, 9.17) is 10.00 Å². The molecule has 0 aliphatic heterocycles. The van der Waals surface area contributed by atoms with E-state index in [1.165, 1.54) is 19.2 Å². The minimum Gasteiger partial charge on any atom is -0.493 e. The summed E-state index contributed by atoms with van der Waals surface area (Å²) in [4.78, 5) is 11.3. The molecule has 0 amide bonds. The molecule has 0 aromatic heterocycles. The van der Waals surface area contributed by atoms with Crippen LogP contribution in [0.1, 0.15) is 27.0 Å². The average molecular weight is 349 g/mol. The standard InChI is InChI=1S/C18H14F3NO3/c1-24-17(23)13-4-2-12(3-5-13)8-9-25-15-7-6-14(11-22)16(10-15)18(19,20)21/h2-7,10H,8-9H2,1H3. The van der Waals surface area contributed by atoms with Crippen LogP contribution in [0, 0.1) is 11.3 Å². The van der Waals surface area contributed by atoms with Crippen LogP contribution in [0.5, 0.6) is 5.75 Å². The minimum absolute atomic E-state index is 0.0394. The Kier molecular flexibility index (Phi) is 5.65. The van der Waals surface area contributed by atoms with Gasteiger partial charge in [-0.3, -0.25) is 0 Å². The fraction of sp³-hybridized carbons (Fsp3) is 0.222. The summed E-state index contributed by atoms with van der Waals surface area (Å²) in [5, 5.41) is 8.75. The smallest absolute Gasteiger partial charge is 0.417 e. The van der Waals surface area contributed by atoms with Gasteiger partial charge < -0.3 is 9.47 Å². The van der Waals surface area contributed by atoms with Gasteiger partial charge in [-0.2, -0.15) is 18.4 Å². The molecule has 2 aromatic rings. The number of methoxy groups -OCH3 is 1. The molecule has 0 aliphatic rings. The Morgan fingerprint density at radius 1 is 1.16 bits per heavy atom. The number of ether oxygens (including phenoxy) is 2. The first-order chi connectivity index (χ1) is 11.8. The molecule has 7 heteroatoms. The number of rotatable bonds is 5. The molecule has 2 rings (SSSR count). The second-order valence-corrected chi connectivity index (χ2v) is 5.10. The van der Waals surface area contributed by atoms with E-state index in [2.05, 4.69) is 4.74 Å². The Labute approximate surface area is 142 Å². The van der Waals surface area contributed by atoms with E-state index < -0.39 is 23.3 Å². The molecule has 0 N–H and O–H groups in total. The first-order valence-corrected chi connectivity index (χ1v) is 7.26. The van der Waals surface area contributed by atoms with E-state index in [0.29, 0.717) is 12.0 Å². The van der Waals surface area contributed by atoms with Gasteiger partial charge in [-0.25, -0.2) is 4.79 Å². The Morgan fingerprint density at radius 3 is 2.40 bits per heavy atom. The summed E-state index contributed by atoms with van der Waals surface area (Å²) in [7, 11) is 1.29. The zero-order valence-corrected chi connectivity index (χ0v) is 13.3. The highest BCUT2D eigenvalue weighted by Crippen LogP contribution is 2.34. The third kappa shape index (κ3) is 4.73. The maximum atomic E-state index is 12.9. The summed E-state index contributed by atoms with van der Waals surface area (Å²) in [6, 6.07) is 11.4.